The summed E-state index contributed by atoms with van der Waals surface area (Å²) in [5, 5.41) is 0. The molecule has 28 heavy (non-hydrogen) atoms. The molecule has 0 amide bonds. The molecule has 0 bridgehead atoms. The minimum Gasteiger partial charge on any atom is -0.349 e. The summed E-state index contributed by atoms with van der Waals surface area (Å²) >= 11 is 0. The van der Waals surface area contributed by atoms with Crippen molar-refractivity contribution in [3.8, 4) is 36.5 Å². The predicted molar refractivity (Wildman–Crippen MR) is 114 cm³/mol. The highest BCUT2D eigenvalue weighted by atomic mass is 16.5. The predicted octanol–water partition coefficient (Wildman–Crippen LogP) is 5.13. The lowest BCUT2D eigenvalue weighted by atomic mass is 9.85. The van der Waals surface area contributed by atoms with Crippen LogP contribution >= 0.6 is 0 Å². The van der Waals surface area contributed by atoms with E-state index in [0.717, 1.165) is 27.8 Å². The Morgan fingerprint density at radius 2 is 1.36 bits per heavy atom. The van der Waals surface area contributed by atoms with Crippen molar-refractivity contribution in [1.29, 1.82) is 0 Å². The van der Waals surface area contributed by atoms with E-state index in [1.807, 2.05) is 78.9 Å². The Hall–Kier alpha value is -3.70. The summed E-state index contributed by atoms with van der Waals surface area (Å²) in [5.74, 6) is 11.7. The van der Waals surface area contributed by atoms with Crippen LogP contribution in [0.3, 0.4) is 0 Å². The topological polar surface area (TPSA) is 9.23 Å². The van der Waals surface area contributed by atoms with E-state index in [0.29, 0.717) is 6.61 Å². The lowest BCUT2D eigenvalue weighted by molar-refractivity contribution is 0.0134. The van der Waals surface area contributed by atoms with E-state index >= 15 is 0 Å². The number of hydrogen-bond acceptors (Lipinski definition) is 1. The second kappa shape index (κ2) is 8.79. The molecule has 0 saturated carbocycles. The largest absolute Gasteiger partial charge is 0.349 e. The Bertz CT molecular complexity index is 1040. The maximum Gasteiger partial charge on any atom is 0.180 e. The van der Waals surface area contributed by atoms with Gasteiger partial charge >= 0.3 is 0 Å². The fraction of sp³-hybridized carbons (Fsp3) is 0.111. The third-order valence-electron chi connectivity index (χ3n) is 4.47. The SMILES string of the molecule is C#Cc1cccc(C(C#CC)(OCc2ccccc2)c2cccc(C#C)c2)c1. The highest BCUT2D eigenvalue weighted by Crippen LogP contribution is 2.35. The summed E-state index contributed by atoms with van der Waals surface area (Å²) in [7, 11) is 0. The summed E-state index contributed by atoms with van der Waals surface area (Å²) < 4.78 is 6.52. The van der Waals surface area contributed by atoms with Gasteiger partial charge in [-0.25, -0.2) is 0 Å². The number of terminal acetylenes is 2. The molecule has 0 radical (unpaired) electrons. The van der Waals surface area contributed by atoms with Gasteiger partial charge in [-0.15, -0.1) is 18.8 Å². The Balaban J connectivity index is 2.18. The van der Waals surface area contributed by atoms with E-state index in [1.165, 1.54) is 0 Å². The van der Waals surface area contributed by atoms with E-state index in [4.69, 9.17) is 17.6 Å². The highest BCUT2D eigenvalue weighted by molar-refractivity contribution is 5.50. The van der Waals surface area contributed by atoms with Gasteiger partial charge in [0.25, 0.3) is 0 Å². The van der Waals surface area contributed by atoms with Crippen LogP contribution in [0.4, 0.5) is 0 Å². The van der Waals surface area contributed by atoms with Crippen molar-refractivity contribution in [2.24, 2.45) is 0 Å². The van der Waals surface area contributed by atoms with Gasteiger partial charge in [0.15, 0.2) is 5.60 Å². The zero-order chi connectivity index (χ0) is 19.8. The average molecular weight is 360 g/mol. The van der Waals surface area contributed by atoms with Crippen LogP contribution in [-0.2, 0) is 16.9 Å². The molecule has 0 aromatic heterocycles. The van der Waals surface area contributed by atoms with E-state index < -0.39 is 5.60 Å². The lowest BCUT2D eigenvalue weighted by Crippen LogP contribution is -2.30. The number of ether oxygens (including phenoxy) is 1. The molecule has 3 aromatic rings. The molecule has 0 spiro atoms. The average Bonchev–Trinajstić information content (AvgIpc) is 2.77. The van der Waals surface area contributed by atoms with Gasteiger partial charge in [-0.05, 0) is 36.8 Å². The van der Waals surface area contributed by atoms with Gasteiger partial charge in [0.2, 0.25) is 0 Å². The van der Waals surface area contributed by atoms with Crippen LogP contribution in [0.25, 0.3) is 0 Å². The molecule has 0 atom stereocenters. The van der Waals surface area contributed by atoms with Gasteiger partial charge in [0.1, 0.15) is 0 Å². The number of rotatable bonds is 5. The maximum atomic E-state index is 6.52. The van der Waals surface area contributed by atoms with Crippen LogP contribution in [0.15, 0.2) is 78.9 Å². The Morgan fingerprint density at radius 1 is 0.786 bits per heavy atom. The van der Waals surface area contributed by atoms with Gasteiger partial charge in [-0.2, -0.15) is 0 Å². The molecule has 3 aromatic carbocycles. The first-order chi connectivity index (χ1) is 13.7. The molecule has 0 aliphatic heterocycles. The minimum atomic E-state index is -0.982. The van der Waals surface area contributed by atoms with Crippen molar-refractivity contribution in [2.45, 2.75) is 19.1 Å². The van der Waals surface area contributed by atoms with Crippen molar-refractivity contribution in [3.63, 3.8) is 0 Å². The van der Waals surface area contributed by atoms with Crippen LogP contribution in [-0.4, -0.2) is 0 Å². The van der Waals surface area contributed by atoms with Crippen molar-refractivity contribution in [1.82, 2.24) is 0 Å². The molecule has 0 fully saturated rings. The zero-order valence-electron chi connectivity index (χ0n) is 15.8. The van der Waals surface area contributed by atoms with Crippen molar-refractivity contribution in [2.75, 3.05) is 0 Å². The molecule has 0 aliphatic rings. The van der Waals surface area contributed by atoms with Gasteiger partial charge in [0.05, 0.1) is 6.61 Å². The summed E-state index contributed by atoms with van der Waals surface area (Å²) in [6.45, 7) is 2.20. The van der Waals surface area contributed by atoms with Crippen molar-refractivity contribution in [3.05, 3.63) is 107 Å². The first-order valence-corrected chi connectivity index (χ1v) is 8.98. The second-order valence-corrected chi connectivity index (χ2v) is 6.28. The third kappa shape index (κ3) is 4.00. The highest BCUT2D eigenvalue weighted by Gasteiger charge is 2.34. The number of hydrogen-bond donors (Lipinski definition) is 0. The standard InChI is InChI=1S/C27H20O/c1-4-18-27(25-16-10-14-22(5-2)19-25,26-17-11-15-23(6-3)20-26)28-21-24-12-8-7-9-13-24/h2-3,7-17,19-20H,21H2,1H3. The molecule has 0 aliphatic carbocycles. The normalized spacial score (nSPS) is 10.2. The summed E-state index contributed by atoms with van der Waals surface area (Å²) in [4.78, 5) is 0. The molecule has 1 nitrogen and oxygen atoms in total. The first kappa shape index (κ1) is 19.1. The van der Waals surface area contributed by atoms with Crippen molar-refractivity contribution < 1.29 is 4.74 Å². The third-order valence-corrected chi connectivity index (χ3v) is 4.47. The van der Waals surface area contributed by atoms with E-state index in [-0.39, 0.29) is 0 Å². The quantitative estimate of drug-likeness (QED) is 0.573. The van der Waals surface area contributed by atoms with Crippen LogP contribution in [0, 0.1) is 36.5 Å². The Kier molecular flexibility index (Phi) is 5.99. The van der Waals surface area contributed by atoms with E-state index in [1.54, 1.807) is 6.92 Å². The van der Waals surface area contributed by atoms with Crippen molar-refractivity contribution >= 4 is 0 Å². The first-order valence-electron chi connectivity index (χ1n) is 8.98. The second-order valence-electron chi connectivity index (χ2n) is 6.28. The molecule has 3 rings (SSSR count). The van der Waals surface area contributed by atoms with Crippen LogP contribution in [0.1, 0.15) is 34.7 Å². The molecule has 0 saturated heterocycles. The van der Waals surface area contributed by atoms with Gasteiger partial charge < -0.3 is 4.74 Å². The summed E-state index contributed by atoms with van der Waals surface area (Å²) in [6.07, 6.45) is 11.3. The summed E-state index contributed by atoms with van der Waals surface area (Å²) in [5.41, 5.74) is 3.38. The smallest absolute Gasteiger partial charge is 0.180 e. The number of benzene rings is 3. The molecular formula is C27H20O. The van der Waals surface area contributed by atoms with E-state index in [2.05, 4.69) is 23.7 Å². The monoisotopic (exact) mass is 360 g/mol. The fourth-order valence-electron chi connectivity index (χ4n) is 3.11. The van der Waals surface area contributed by atoms with Gasteiger partial charge in [-0.3, -0.25) is 0 Å². The minimum absolute atomic E-state index is 0.399. The maximum absolute atomic E-state index is 6.52. The van der Waals surface area contributed by atoms with Crippen LogP contribution in [0.2, 0.25) is 0 Å². The molecule has 0 N–H and O–H groups in total. The zero-order valence-corrected chi connectivity index (χ0v) is 15.8. The Labute approximate surface area is 167 Å². The fourth-order valence-corrected chi connectivity index (χ4v) is 3.11. The van der Waals surface area contributed by atoms with Gasteiger partial charge in [-0.1, -0.05) is 72.4 Å². The van der Waals surface area contributed by atoms with Crippen LogP contribution < -0.4 is 0 Å². The summed E-state index contributed by atoms with van der Waals surface area (Å²) in [6, 6.07) is 25.5. The van der Waals surface area contributed by atoms with E-state index in [9.17, 15) is 0 Å². The van der Waals surface area contributed by atoms with Crippen LogP contribution in [0.5, 0.6) is 0 Å². The Morgan fingerprint density at radius 3 is 1.86 bits per heavy atom. The molecule has 0 unspecified atom stereocenters. The molecule has 134 valence electrons. The molecule has 1 heteroatoms. The van der Waals surface area contributed by atoms with Gasteiger partial charge in [0, 0.05) is 22.3 Å². The molecule has 0 heterocycles. The lowest BCUT2D eigenvalue weighted by Gasteiger charge is -2.30. The molecular weight excluding hydrogens is 340 g/mol.